The minimum Gasteiger partial charge on any atom is -0.469 e. The number of hydrogen-bond acceptors (Lipinski definition) is 3. The van der Waals surface area contributed by atoms with E-state index in [9.17, 15) is 10.1 Å². The summed E-state index contributed by atoms with van der Waals surface area (Å²) in [6.45, 7) is 2.25. The first-order valence-corrected chi connectivity index (χ1v) is 9.19. The summed E-state index contributed by atoms with van der Waals surface area (Å²) in [7, 11) is 1.47. The fraction of sp³-hybridized carbons (Fsp3) is 0.524. The lowest BCUT2D eigenvalue weighted by Gasteiger charge is -2.69. The maximum Gasteiger partial charge on any atom is 0.311 e. The summed E-state index contributed by atoms with van der Waals surface area (Å²) in [5.74, 6) is -0.0656. The van der Waals surface area contributed by atoms with Crippen molar-refractivity contribution in [2.75, 3.05) is 7.11 Å². The van der Waals surface area contributed by atoms with Crippen LogP contribution in [0.1, 0.15) is 61.9 Å². The Labute approximate surface area is 147 Å². The van der Waals surface area contributed by atoms with Crippen LogP contribution < -0.4 is 0 Å². The third-order valence-corrected chi connectivity index (χ3v) is 6.89. The van der Waals surface area contributed by atoms with Crippen LogP contribution in [0.2, 0.25) is 0 Å². The van der Waals surface area contributed by atoms with E-state index < -0.39 is 0 Å². The monoisotopic (exact) mass is 334 g/mol. The summed E-state index contributed by atoms with van der Waals surface area (Å²) >= 11 is 0. The highest BCUT2D eigenvalue weighted by Gasteiger charge is 2.72. The van der Waals surface area contributed by atoms with Crippen LogP contribution in [-0.2, 0) is 21.4 Å². The van der Waals surface area contributed by atoms with Crippen molar-refractivity contribution in [2.45, 2.75) is 56.9 Å². The second kappa shape index (κ2) is 4.66. The van der Waals surface area contributed by atoms with Gasteiger partial charge in [0.05, 0.1) is 23.6 Å². The Hall–Kier alpha value is -2.28. The Balaban J connectivity index is 1.60. The van der Waals surface area contributed by atoms with Crippen molar-refractivity contribution < 1.29 is 9.53 Å². The molecular weight excluding hydrogens is 312 g/mol. The van der Waals surface area contributed by atoms with E-state index in [1.165, 1.54) is 36.6 Å². The molecule has 0 radical (unpaired) electrons. The topological polar surface area (TPSA) is 55.0 Å². The summed E-state index contributed by atoms with van der Waals surface area (Å²) < 4.78 is 7.34. The van der Waals surface area contributed by atoms with Crippen LogP contribution in [0.3, 0.4) is 0 Å². The van der Waals surface area contributed by atoms with E-state index in [1.54, 1.807) is 0 Å². The average Bonchev–Trinajstić information content (AvgIpc) is 2.91. The zero-order valence-corrected chi connectivity index (χ0v) is 14.8. The van der Waals surface area contributed by atoms with E-state index in [4.69, 9.17) is 4.74 Å². The molecule has 1 aromatic heterocycles. The number of benzene rings is 1. The molecular formula is C21H22N2O2. The van der Waals surface area contributed by atoms with Crippen molar-refractivity contribution in [1.29, 1.82) is 5.26 Å². The van der Waals surface area contributed by atoms with Gasteiger partial charge in [-0.2, -0.15) is 5.26 Å². The molecule has 1 atom stereocenters. The lowest BCUT2D eigenvalue weighted by atomic mass is 9.33. The molecule has 3 saturated carbocycles. The van der Waals surface area contributed by atoms with Gasteiger partial charge >= 0.3 is 5.97 Å². The second-order valence-corrected chi connectivity index (χ2v) is 8.40. The molecule has 0 N–H and O–H groups in total. The van der Waals surface area contributed by atoms with Crippen molar-refractivity contribution >= 4 is 16.9 Å². The average molecular weight is 334 g/mol. The Kier molecular flexibility index (Phi) is 2.80. The third kappa shape index (κ3) is 1.74. The van der Waals surface area contributed by atoms with Crippen molar-refractivity contribution in [2.24, 2.45) is 5.41 Å². The van der Waals surface area contributed by atoms with Gasteiger partial charge in [0.1, 0.15) is 6.07 Å². The predicted molar refractivity (Wildman–Crippen MR) is 94.3 cm³/mol. The van der Waals surface area contributed by atoms with Gasteiger partial charge in [0.25, 0.3) is 0 Å². The van der Waals surface area contributed by atoms with Crippen molar-refractivity contribution in [3.63, 3.8) is 0 Å². The SMILES string of the molecule is COC(=O)C12CC(c3cc(C#N)c4c(c3)cc3n4[C@@H](C)CCC3)(C1)C2. The van der Waals surface area contributed by atoms with Crippen LogP contribution in [-0.4, -0.2) is 17.6 Å². The summed E-state index contributed by atoms with van der Waals surface area (Å²) in [5.41, 5.74) is 4.31. The van der Waals surface area contributed by atoms with Crippen LogP contribution in [0.4, 0.5) is 0 Å². The molecule has 4 heteroatoms. The molecule has 0 amide bonds. The van der Waals surface area contributed by atoms with E-state index in [0.29, 0.717) is 6.04 Å². The van der Waals surface area contributed by atoms with Crippen LogP contribution in [0, 0.1) is 16.7 Å². The molecule has 0 unspecified atom stereocenters. The number of fused-ring (bicyclic) bond motifs is 3. The number of aryl methyl sites for hydroxylation is 1. The maximum absolute atomic E-state index is 12.0. The zero-order chi connectivity index (χ0) is 17.4. The quantitative estimate of drug-likeness (QED) is 0.780. The van der Waals surface area contributed by atoms with Gasteiger partial charge in [-0.1, -0.05) is 0 Å². The molecule has 4 nitrogen and oxygen atoms in total. The van der Waals surface area contributed by atoms with Crippen LogP contribution in [0.5, 0.6) is 0 Å². The van der Waals surface area contributed by atoms with Gasteiger partial charge in [-0.3, -0.25) is 4.79 Å². The zero-order valence-electron chi connectivity index (χ0n) is 14.8. The van der Waals surface area contributed by atoms with Crippen molar-refractivity contribution in [1.82, 2.24) is 4.57 Å². The summed E-state index contributed by atoms with van der Waals surface area (Å²) in [6, 6.07) is 9.52. The minimum absolute atomic E-state index is 0.0656. The van der Waals surface area contributed by atoms with Gasteiger partial charge in [0.15, 0.2) is 0 Å². The van der Waals surface area contributed by atoms with Crippen molar-refractivity contribution in [3.05, 3.63) is 35.0 Å². The first-order chi connectivity index (χ1) is 12.0. The molecule has 2 bridgehead atoms. The van der Waals surface area contributed by atoms with Gasteiger partial charge in [0, 0.05) is 17.1 Å². The largest absolute Gasteiger partial charge is 0.469 e. The van der Waals surface area contributed by atoms with Crippen LogP contribution in [0.25, 0.3) is 10.9 Å². The number of nitriles is 1. The number of hydrogen-bond donors (Lipinski definition) is 0. The van der Waals surface area contributed by atoms with Crippen LogP contribution >= 0.6 is 0 Å². The number of aromatic nitrogens is 1. The molecule has 2 aromatic rings. The lowest BCUT2D eigenvalue weighted by molar-refractivity contribution is -0.198. The Bertz CT molecular complexity index is 943. The number of nitrogens with zero attached hydrogens (tertiary/aromatic N) is 2. The summed E-state index contributed by atoms with van der Waals surface area (Å²) in [4.78, 5) is 12.0. The van der Waals surface area contributed by atoms with Gasteiger partial charge in [-0.25, -0.2) is 0 Å². The third-order valence-electron chi connectivity index (χ3n) is 6.89. The Morgan fingerprint density at radius 1 is 1.32 bits per heavy atom. The van der Waals surface area contributed by atoms with E-state index in [1.807, 2.05) is 0 Å². The van der Waals surface area contributed by atoms with Crippen molar-refractivity contribution in [3.8, 4) is 6.07 Å². The highest BCUT2D eigenvalue weighted by Crippen LogP contribution is 2.74. The molecule has 0 saturated heterocycles. The summed E-state index contributed by atoms with van der Waals surface area (Å²) in [6.07, 6.45) is 6.09. The van der Waals surface area contributed by atoms with Gasteiger partial charge in [0.2, 0.25) is 0 Å². The fourth-order valence-corrected chi connectivity index (χ4v) is 5.75. The molecule has 1 aromatic carbocycles. The summed E-state index contributed by atoms with van der Waals surface area (Å²) in [5, 5.41) is 11.0. The normalized spacial score (nSPS) is 32.3. The lowest BCUT2D eigenvalue weighted by Crippen LogP contribution is -2.68. The molecule has 6 rings (SSSR count). The molecule has 0 spiro atoms. The standard InChI is InChI=1S/C21H22N2O2/c1-13-4-3-5-17-8-14-6-16(7-15(9-22)18(14)23(13)17)20-10-21(11-20,12-20)19(24)25-2/h6-8,13H,3-5,10-12H2,1-2H3/t13-,20?,21?/m0/s1. The molecule has 25 heavy (non-hydrogen) atoms. The number of methoxy groups -OCH3 is 1. The van der Waals surface area contributed by atoms with Crippen LogP contribution in [0.15, 0.2) is 18.2 Å². The number of carbonyl (C=O) groups excluding carboxylic acids is 1. The molecule has 128 valence electrons. The number of rotatable bonds is 2. The maximum atomic E-state index is 12.0. The second-order valence-electron chi connectivity index (χ2n) is 8.40. The van der Waals surface area contributed by atoms with E-state index in [-0.39, 0.29) is 16.8 Å². The Morgan fingerprint density at radius 2 is 2.08 bits per heavy atom. The highest BCUT2D eigenvalue weighted by molar-refractivity contribution is 5.89. The first kappa shape index (κ1) is 15.0. The van der Waals surface area contributed by atoms with E-state index >= 15 is 0 Å². The van der Waals surface area contributed by atoms with Gasteiger partial charge in [-0.15, -0.1) is 0 Å². The molecule has 4 aliphatic rings. The molecule has 2 heterocycles. The predicted octanol–water partition coefficient (Wildman–Crippen LogP) is 4.00. The first-order valence-electron chi connectivity index (χ1n) is 9.19. The van der Waals surface area contributed by atoms with Gasteiger partial charge < -0.3 is 9.30 Å². The number of esters is 1. The highest BCUT2D eigenvalue weighted by atomic mass is 16.5. The number of carbonyl (C=O) groups is 1. The Morgan fingerprint density at radius 3 is 2.76 bits per heavy atom. The smallest absolute Gasteiger partial charge is 0.311 e. The van der Waals surface area contributed by atoms with E-state index in [2.05, 4.69) is 35.8 Å². The minimum atomic E-state index is -0.245. The number of ether oxygens (including phenoxy) is 1. The fourth-order valence-electron chi connectivity index (χ4n) is 5.75. The van der Waals surface area contributed by atoms with Gasteiger partial charge in [-0.05, 0) is 74.6 Å². The molecule has 3 aliphatic carbocycles. The molecule has 1 aliphatic heterocycles. The molecule has 3 fully saturated rings. The van der Waals surface area contributed by atoms with E-state index in [0.717, 1.165) is 36.8 Å².